The van der Waals surface area contributed by atoms with Crippen LogP contribution in [-0.2, 0) is 11.2 Å². The summed E-state index contributed by atoms with van der Waals surface area (Å²) in [7, 11) is 0. The molecule has 3 heterocycles. The first-order valence-electron chi connectivity index (χ1n) is 9.97. The maximum atomic E-state index is 13.9. The summed E-state index contributed by atoms with van der Waals surface area (Å²) in [6.45, 7) is 0. The average Bonchev–Trinajstić information content (AvgIpc) is 3.46. The van der Waals surface area contributed by atoms with Gasteiger partial charge in [-0.25, -0.2) is 19.3 Å². The van der Waals surface area contributed by atoms with E-state index in [9.17, 15) is 9.18 Å². The van der Waals surface area contributed by atoms with Gasteiger partial charge >= 0.3 is 0 Å². The van der Waals surface area contributed by atoms with E-state index < -0.39 is 0 Å². The Morgan fingerprint density at radius 1 is 1.00 bits per heavy atom. The molecule has 0 aliphatic heterocycles. The Kier molecular flexibility index (Phi) is 5.43. The lowest BCUT2D eigenvalue weighted by Gasteiger charge is -2.04. The summed E-state index contributed by atoms with van der Waals surface area (Å²) < 4.78 is 20.6. The Morgan fingerprint density at radius 2 is 1.84 bits per heavy atom. The van der Waals surface area contributed by atoms with Gasteiger partial charge in [0.1, 0.15) is 16.6 Å². The summed E-state index contributed by atoms with van der Waals surface area (Å²) in [6, 6.07) is 17.9. The topological polar surface area (TPSA) is 80.9 Å². The molecule has 0 fully saturated rings. The highest BCUT2D eigenvalue weighted by Gasteiger charge is 2.12. The van der Waals surface area contributed by atoms with Crippen LogP contribution >= 0.6 is 11.3 Å². The normalized spacial score (nSPS) is 11.0. The summed E-state index contributed by atoms with van der Waals surface area (Å²) in [5.41, 5.74) is 2.19. The maximum Gasteiger partial charge on any atom is 0.226 e. The van der Waals surface area contributed by atoms with Gasteiger partial charge in [-0.3, -0.25) is 4.79 Å². The number of hydrogen-bond acceptors (Lipinski definition) is 6. The molecule has 0 aliphatic rings. The van der Waals surface area contributed by atoms with Gasteiger partial charge in [-0.1, -0.05) is 24.3 Å². The van der Waals surface area contributed by atoms with Gasteiger partial charge in [0.25, 0.3) is 0 Å². The van der Waals surface area contributed by atoms with Crippen molar-refractivity contribution in [3.63, 3.8) is 0 Å². The first-order valence-corrected chi connectivity index (χ1v) is 10.8. The van der Waals surface area contributed by atoms with E-state index >= 15 is 0 Å². The Bertz CT molecular complexity index is 1360. The predicted octanol–water partition coefficient (Wildman–Crippen LogP) is 5.72. The summed E-state index contributed by atoms with van der Waals surface area (Å²) in [4.78, 5) is 25.4. The van der Waals surface area contributed by atoms with Gasteiger partial charge < -0.3 is 9.73 Å². The van der Waals surface area contributed by atoms with Crippen LogP contribution in [0, 0.1) is 5.82 Å². The first kappa shape index (κ1) is 20.0. The molecular formula is C24H17FN4O2S. The highest BCUT2D eigenvalue weighted by molar-refractivity contribution is 7.21. The maximum absolute atomic E-state index is 13.9. The van der Waals surface area contributed by atoms with Crippen molar-refractivity contribution < 1.29 is 13.6 Å². The Balaban J connectivity index is 1.19. The quantitative estimate of drug-likeness (QED) is 0.362. The highest BCUT2D eigenvalue weighted by Crippen LogP contribution is 2.30. The number of hydrogen-bond donors (Lipinski definition) is 1. The van der Waals surface area contributed by atoms with E-state index in [-0.39, 0.29) is 18.1 Å². The number of rotatable bonds is 6. The summed E-state index contributed by atoms with van der Waals surface area (Å²) in [6.07, 6.45) is 3.62. The second-order valence-corrected chi connectivity index (χ2v) is 8.10. The lowest BCUT2D eigenvalue weighted by Crippen LogP contribution is -2.13. The van der Waals surface area contributed by atoms with Gasteiger partial charge in [-0.15, -0.1) is 11.3 Å². The number of aromatic nitrogens is 3. The molecule has 5 aromatic rings. The molecule has 3 aromatic heterocycles. The van der Waals surface area contributed by atoms with Crippen LogP contribution in [0.4, 0.5) is 10.2 Å². The number of nitrogens with zero attached hydrogens (tertiary/aromatic N) is 3. The van der Waals surface area contributed by atoms with Gasteiger partial charge in [0.2, 0.25) is 5.91 Å². The summed E-state index contributed by atoms with van der Waals surface area (Å²) in [5.74, 6) is 0.576. The van der Waals surface area contributed by atoms with E-state index in [0.717, 1.165) is 20.8 Å². The number of carbonyl (C=O) groups excluding carboxylic acids is 1. The molecule has 0 radical (unpaired) electrons. The SMILES string of the molecule is O=C(CCc1ncc(-c2ccccc2F)o1)Nc1ccc(-c2nc3ccccc3s2)cn1. The number of pyridine rings is 1. The van der Waals surface area contributed by atoms with Gasteiger partial charge in [0, 0.05) is 24.6 Å². The number of thiazole rings is 1. The van der Waals surface area contributed by atoms with E-state index in [0.29, 0.717) is 29.5 Å². The van der Waals surface area contributed by atoms with Crippen molar-refractivity contribution in [2.24, 2.45) is 0 Å². The van der Waals surface area contributed by atoms with Gasteiger partial charge in [0.05, 0.1) is 22.0 Å². The third-order valence-corrected chi connectivity index (χ3v) is 5.92. The number of fused-ring (bicyclic) bond motifs is 1. The van der Waals surface area contributed by atoms with Crippen LogP contribution in [0.25, 0.3) is 32.1 Å². The molecule has 2 aromatic carbocycles. The van der Waals surface area contributed by atoms with Crippen molar-refractivity contribution in [3.05, 3.63) is 84.8 Å². The highest BCUT2D eigenvalue weighted by atomic mass is 32.1. The van der Waals surface area contributed by atoms with E-state index in [1.807, 2.05) is 30.3 Å². The molecule has 158 valence electrons. The number of carbonyl (C=O) groups is 1. The van der Waals surface area contributed by atoms with Crippen LogP contribution in [0.2, 0.25) is 0 Å². The van der Waals surface area contributed by atoms with E-state index in [4.69, 9.17) is 4.42 Å². The van der Waals surface area contributed by atoms with Crippen molar-refractivity contribution in [2.75, 3.05) is 5.32 Å². The number of halogens is 1. The first-order chi connectivity index (χ1) is 15.7. The second kappa shape index (κ2) is 8.68. The van der Waals surface area contributed by atoms with Crippen molar-refractivity contribution in [1.29, 1.82) is 0 Å². The molecule has 5 rings (SSSR count). The number of anilines is 1. The molecule has 0 atom stereocenters. The molecule has 32 heavy (non-hydrogen) atoms. The van der Waals surface area contributed by atoms with Gasteiger partial charge in [-0.2, -0.15) is 0 Å². The van der Waals surface area contributed by atoms with Gasteiger partial charge in [-0.05, 0) is 36.4 Å². The van der Waals surface area contributed by atoms with E-state index in [2.05, 4.69) is 20.3 Å². The second-order valence-electron chi connectivity index (χ2n) is 7.07. The van der Waals surface area contributed by atoms with Crippen LogP contribution in [0.5, 0.6) is 0 Å². The fourth-order valence-corrected chi connectivity index (χ4v) is 4.18. The third kappa shape index (κ3) is 4.26. The number of amides is 1. The number of benzene rings is 2. The molecule has 0 bridgehead atoms. The van der Waals surface area contributed by atoms with E-state index in [1.54, 1.807) is 41.8 Å². The number of aryl methyl sites for hydroxylation is 1. The minimum atomic E-state index is -0.381. The minimum absolute atomic E-state index is 0.165. The molecule has 0 aliphatic carbocycles. The largest absolute Gasteiger partial charge is 0.441 e. The molecular weight excluding hydrogens is 427 g/mol. The number of para-hydroxylation sites is 1. The summed E-state index contributed by atoms with van der Waals surface area (Å²) >= 11 is 1.60. The van der Waals surface area contributed by atoms with Crippen LogP contribution in [0.15, 0.2) is 77.5 Å². The van der Waals surface area contributed by atoms with Crippen LogP contribution < -0.4 is 5.32 Å². The summed E-state index contributed by atoms with van der Waals surface area (Å²) in [5, 5.41) is 3.65. The third-order valence-electron chi connectivity index (χ3n) is 4.83. The Labute approximate surface area is 186 Å². The lowest BCUT2D eigenvalue weighted by atomic mass is 10.2. The molecule has 0 saturated heterocycles. The Morgan fingerprint density at radius 3 is 2.66 bits per heavy atom. The van der Waals surface area contributed by atoms with Crippen molar-refractivity contribution in [3.8, 4) is 21.9 Å². The zero-order valence-corrected chi connectivity index (χ0v) is 17.6. The molecule has 0 unspecified atom stereocenters. The molecule has 6 nitrogen and oxygen atoms in total. The number of nitrogens with one attached hydrogen (secondary N) is 1. The average molecular weight is 444 g/mol. The molecule has 8 heteroatoms. The van der Waals surface area contributed by atoms with Crippen molar-refractivity contribution >= 4 is 33.3 Å². The molecule has 1 N–H and O–H groups in total. The number of oxazole rings is 1. The smallest absolute Gasteiger partial charge is 0.226 e. The zero-order chi connectivity index (χ0) is 21.9. The fourth-order valence-electron chi connectivity index (χ4n) is 3.23. The van der Waals surface area contributed by atoms with Crippen LogP contribution in [0.3, 0.4) is 0 Å². The fraction of sp³-hybridized carbons (Fsp3) is 0.0833. The molecule has 1 amide bonds. The molecule has 0 spiro atoms. The van der Waals surface area contributed by atoms with Crippen molar-refractivity contribution in [1.82, 2.24) is 15.0 Å². The standard InChI is InChI=1S/C24H17FN4O2S/c25-17-6-2-1-5-16(17)19-14-27-23(31-19)12-11-22(30)29-21-10-9-15(13-26-21)24-28-18-7-3-4-8-20(18)32-24/h1-10,13-14H,11-12H2,(H,26,29,30). The monoisotopic (exact) mass is 444 g/mol. The van der Waals surface area contributed by atoms with Crippen LogP contribution in [-0.4, -0.2) is 20.9 Å². The van der Waals surface area contributed by atoms with Crippen LogP contribution in [0.1, 0.15) is 12.3 Å². The minimum Gasteiger partial charge on any atom is -0.441 e. The van der Waals surface area contributed by atoms with Gasteiger partial charge in [0.15, 0.2) is 11.7 Å². The Hall–Kier alpha value is -3.91. The lowest BCUT2D eigenvalue weighted by molar-refractivity contribution is -0.116. The zero-order valence-electron chi connectivity index (χ0n) is 16.8. The van der Waals surface area contributed by atoms with E-state index in [1.165, 1.54) is 12.3 Å². The predicted molar refractivity (Wildman–Crippen MR) is 122 cm³/mol. The van der Waals surface area contributed by atoms with Crippen molar-refractivity contribution in [2.45, 2.75) is 12.8 Å². The molecule has 0 saturated carbocycles.